The lowest BCUT2D eigenvalue weighted by Crippen LogP contribution is -2.37. The van der Waals surface area contributed by atoms with Gasteiger partial charge >= 0.3 is 0 Å². The van der Waals surface area contributed by atoms with Gasteiger partial charge in [-0.15, -0.1) is 0 Å². The van der Waals surface area contributed by atoms with Gasteiger partial charge in [-0.1, -0.05) is 0 Å². The Bertz CT molecular complexity index is 885. The zero-order chi connectivity index (χ0) is 19.3. The number of methoxy groups -OCH3 is 2. The summed E-state index contributed by atoms with van der Waals surface area (Å²) in [6.45, 7) is -0.353. The smallest absolute Gasteiger partial charge is 0.245 e. The van der Waals surface area contributed by atoms with Gasteiger partial charge < -0.3 is 14.8 Å². The molecule has 0 saturated carbocycles. The molecule has 2 aromatic rings. The summed E-state index contributed by atoms with van der Waals surface area (Å²) in [5, 5.41) is 2.67. The third-order valence-corrected chi connectivity index (χ3v) is 5.34. The van der Waals surface area contributed by atoms with E-state index in [9.17, 15) is 13.2 Å². The highest BCUT2D eigenvalue weighted by Gasteiger charge is 2.21. The van der Waals surface area contributed by atoms with Crippen LogP contribution in [0.4, 0.5) is 11.4 Å². The van der Waals surface area contributed by atoms with E-state index in [1.807, 2.05) is 0 Å². The average molecular weight is 490 g/mol. The summed E-state index contributed by atoms with van der Waals surface area (Å²) in [6, 6.07) is 11.8. The number of halogens is 1. The fraction of sp³-hybridized carbons (Fsp3) is 0.235. The molecule has 0 fully saturated rings. The predicted octanol–water partition coefficient (Wildman–Crippen LogP) is 2.71. The Morgan fingerprint density at radius 3 is 2.31 bits per heavy atom. The van der Waals surface area contributed by atoms with Crippen LogP contribution < -0.4 is 19.1 Å². The maximum Gasteiger partial charge on any atom is 0.245 e. The first-order chi connectivity index (χ1) is 12.2. The standard InChI is InChI=1S/C17H19IN2O5S/c1-24-14-8-9-15(16(10-14)25-2)19-17(21)11-20(26(3,22)23)13-6-4-12(18)5-7-13/h4-10H,11H2,1-3H3,(H,19,21). The molecular formula is C17H19IN2O5S. The lowest BCUT2D eigenvalue weighted by Gasteiger charge is -2.22. The largest absolute Gasteiger partial charge is 0.497 e. The number of hydrogen-bond donors (Lipinski definition) is 1. The van der Waals surface area contributed by atoms with Crippen molar-refractivity contribution >= 4 is 49.9 Å². The Labute approximate surface area is 166 Å². The van der Waals surface area contributed by atoms with E-state index in [-0.39, 0.29) is 6.54 Å². The third-order valence-electron chi connectivity index (χ3n) is 3.48. The van der Waals surface area contributed by atoms with Crippen molar-refractivity contribution in [2.45, 2.75) is 0 Å². The Morgan fingerprint density at radius 1 is 1.12 bits per heavy atom. The van der Waals surface area contributed by atoms with Gasteiger partial charge in [0.1, 0.15) is 18.0 Å². The molecule has 1 amide bonds. The molecule has 0 aliphatic rings. The maximum atomic E-state index is 12.4. The van der Waals surface area contributed by atoms with Crippen molar-refractivity contribution in [1.82, 2.24) is 0 Å². The minimum absolute atomic E-state index is 0.353. The van der Waals surface area contributed by atoms with Gasteiger partial charge in [-0.3, -0.25) is 9.10 Å². The summed E-state index contributed by atoms with van der Waals surface area (Å²) in [6.07, 6.45) is 1.06. The first-order valence-electron chi connectivity index (χ1n) is 7.49. The lowest BCUT2D eigenvalue weighted by atomic mass is 10.2. The molecule has 0 aromatic heterocycles. The van der Waals surface area contributed by atoms with E-state index in [0.29, 0.717) is 22.9 Å². The molecule has 1 N–H and O–H groups in total. The van der Waals surface area contributed by atoms with Gasteiger partial charge in [0, 0.05) is 9.64 Å². The average Bonchev–Trinajstić information content (AvgIpc) is 2.60. The van der Waals surface area contributed by atoms with Gasteiger partial charge in [0.2, 0.25) is 15.9 Å². The van der Waals surface area contributed by atoms with Crippen LogP contribution >= 0.6 is 22.6 Å². The Kier molecular flexibility index (Phi) is 6.70. The van der Waals surface area contributed by atoms with Crippen molar-refractivity contribution < 1.29 is 22.7 Å². The fourth-order valence-corrected chi connectivity index (χ4v) is 3.45. The van der Waals surface area contributed by atoms with Crippen molar-refractivity contribution in [3.8, 4) is 11.5 Å². The third kappa shape index (κ3) is 5.24. The molecule has 140 valence electrons. The number of amides is 1. The van der Waals surface area contributed by atoms with Crippen LogP contribution in [0.1, 0.15) is 0 Å². The summed E-state index contributed by atoms with van der Waals surface area (Å²) >= 11 is 2.12. The zero-order valence-corrected chi connectivity index (χ0v) is 17.5. The number of nitrogens with one attached hydrogen (secondary N) is 1. The second-order valence-corrected chi connectivity index (χ2v) is 8.51. The first kappa shape index (κ1) is 20.3. The van der Waals surface area contributed by atoms with E-state index in [4.69, 9.17) is 9.47 Å². The fourth-order valence-electron chi connectivity index (χ4n) is 2.23. The van der Waals surface area contributed by atoms with Crippen molar-refractivity contribution in [2.75, 3.05) is 36.6 Å². The SMILES string of the molecule is COc1ccc(NC(=O)CN(c2ccc(I)cc2)S(C)(=O)=O)c(OC)c1. The number of hydrogen-bond acceptors (Lipinski definition) is 5. The quantitative estimate of drug-likeness (QED) is 0.604. The summed E-state index contributed by atoms with van der Waals surface area (Å²) in [5.74, 6) is 0.506. The number of nitrogens with zero attached hydrogens (tertiary/aromatic N) is 1. The van der Waals surface area contributed by atoms with E-state index >= 15 is 0 Å². The van der Waals surface area contributed by atoms with Crippen molar-refractivity contribution in [3.63, 3.8) is 0 Å². The maximum absolute atomic E-state index is 12.4. The van der Waals surface area contributed by atoms with Gasteiger partial charge in [-0.25, -0.2) is 8.42 Å². The van der Waals surface area contributed by atoms with Crippen molar-refractivity contribution in [2.24, 2.45) is 0 Å². The van der Waals surface area contributed by atoms with Crippen LogP contribution in [0.3, 0.4) is 0 Å². The molecular weight excluding hydrogens is 471 g/mol. The van der Waals surface area contributed by atoms with Crippen molar-refractivity contribution in [1.29, 1.82) is 0 Å². The van der Waals surface area contributed by atoms with Gasteiger partial charge in [0.15, 0.2) is 0 Å². The highest BCUT2D eigenvalue weighted by atomic mass is 127. The molecule has 0 unspecified atom stereocenters. The highest BCUT2D eigenvalue weighted by molar-refractivity contribution is 14.1. The number of carbonyl (C=O) groups is 1. The number of ether oxygens (including phenoxy) is 2. The highest BCUT2D eigenvalue weighted by Crippen LogP contribution is 2.29. The zero-order valence-electron chi connectivity index (χ0n) is 14.5. The molecule has 0 saturated heterocycles. The van der Waals surface area contributed by atoms with Gasteiger partial charge in [0.25, 0.3) is 0 Å². The van der Waals surface area contributed by atoms with Crippen LogP contribution in [0.25, 0.3) is 0 Å². The molecule has 0 heterocycles. The molecule has 7 nitrogen and oxygen atoms in total. The Balaban J connectivity index is 2.22. The van der Waals surface area contributed by atoms with Crippen LogP contribution in [-0.4, -0.2) is 41.3 Å². The summed E-state index contributed by atoms with van der Waals surface area (Å²) in [5.41, 5.74) is 0.846. The number of carbonyl (C=O) groups excluding carboxylic acids is 1. The molecule has 9 heteroatoms. The van der Waals surface area contributed by atoms with E-state index in [1.54, 1.807) is 42.5 Å². The lowest BCUT2D eigenvalue weighted by molar-refractivity contribution is -0.114. The summed E-state index contributed by atoms with van der Waals surface area (Å²) < 4.78 is 36.6. The summed E-state index contributed by atoms with van der Waals surface area (Å²) in [4.78, 5) is 12.4. The molecule has 2 aromatic carbocycles. The van der Waals surface area contributed by atoms with E-state index in [2.05, 4.69) is 27.9 Å². The molecule has 0 aliphatic carbocycles. The number of benzene rings is 2. The predicted molar refractivity (Wildman–Crippen MR) is 110 cm³/mol. The number of anilines is 2. The number of rotatable bonds is 7. The number of sulfonamides is 1. The minimum Gasteiger partial charge on any atom is -0.497 e. The molecule has 0 spiro atoms. The molecule has 0 aliphatic heterocycles. The van der Waals surface area contributed by atoms with Gasteiger partial charge in [-0.2, -0.15) is 0 Å². The van der Waals surface area contributed by atoms with Crippen LogP contribution in [-0.2, 0) is 14.8 Å². The Morgan fingerprint density at radius 2 is 1.77 bits per heavy atom. The second kappa shape index (κ2) is 8.58. The van der Waals surface area contributed by atoms with Gasteiger partial charge in [-0.05, 0) is 59.0 Å². The molecule has 0 bridgehead atoms. The molecule has 0 atom stereocenters. The van der Waals surface area contributed by atoms with Gasteiger partial charge in [0.05, 0.1) is 31.9 Å². The minimum atomic E-state index is -3.63. The Hall–Kier alpha value is -2.01. The van der Waals surface area contributed by atoms with Crippen molar-refractivity contribution in [3.05, 3.63) is 46.0 Å². The second-order valence-electron chi connectivity index (χ2n) is 5.36. The van der Waals surface area contributed by atoms with E-state index < -0.39 is 15.9 Å². The monoisotopic (exact) mass is 490 g/mol. The van der Waals surface area contributed by atoms with Crippen LogP contribution in [0.5, 0.6) is 11.5 Å². The molecule has 26 heavy (non-hydrogen) atoms. The van der Waals surface area contributed by atoms with E-state index in [0.717, 1.165) is 14.1 Å². The van der Waals surface area contributed by atoms with Crippen LogP contribution in [0.15, 0.2) is 42.5 Å². The first-order valence-corrected chi connectivity index (χ1v) is 10.4. The van der Waals surface area contributed by atoms with Crippen LogP contribution in [0.2, 0.25) is 0 Å². The topological polar surface area (TPSA) is 84.9 Å². The summed E-state index contributed by atoms with van der Waals surface area (Å²) in [7, 11) is -0.629. The van der Waals surface area contributed by atoms with Crippen LogP contribution in [0, 0.1) is 3.57 Å². The van der Waals surface area contributed by atoms with E-state index in [1.165, 1.54) is 14.2 Å². The normalized spacial score (nSPS) is 10.9. The molecule has 0 radical (unpaired) electrons. The molecule has 2 rings (SSSR count).